The van der Waals surface area contributed by atoms with Crippen LogP contribution in [0.4, 0.5) is 11.5 Å². The van der Waals surface area contributed by atoms with E-state index in [1.54, 1.807) is 24.8 Å². The number of nitrogens with zero attached hydrogens (tertiary/aromatic N) is 3. The van der Waals surface area contributed by atoms with E-state index in [1.165, 1.54) is 16.9 Å². The van der Waals surface area contributed by atoms with Gasteiger partial charge < -0.3 is 15.0 Å². The molecule has 7 heteroatoms. The molecule has 146 valence electrons. The molecule has 1 aliphatic carbocycles. The summed E-state index contributed by atoms with van der Waals surface area (Å²) in [6.07, 6.45) is 4.95. The Bertz CT molecular complexity index is 1000. The van der Waals surface area contributed by atoms with Gasteiger partial charge in [-0.05, 0) is 55.0 Å². The molecule has 1 aliphatic rings. The molecule has 3 aromatic rings. The zero-order valence-electron chi connectivity index (χ0n) is 16.4. The van der Waals surface area contributed by atoms with Crippen LogP contribution in [0.1, 0.15) is 23.8 Å². The number of thiophene rings is 1. The lowest BCUT2D eigenvalue weighted by Gasteiger charge is -2.21. The third-order valence-electron chi connectivity index (χ3n) is 5.19. The van der Waals surface area contributed by atoms with Gasteiger partial charge in [0, 0.05) is 17.6 Å². The standard InChI is InChI=1S/C21H24N4O2S/c1-13-4-9-16-17(10-13)28-21-19(16)20(22-12-23-21)25(2)11-18(26)24-14-5-7-15(27-3)8-6-14/h5-8,12-13H,4,9-11H2,1-3H3,(H,24,26)/t13-/m1/s1. The number of likely N-dealkylation sites (N-methyl/N-ethyl adjacent to an activating group) is 1. The average Bonchev–Trinajstić information content (AvgIpc) is 3.05. The number of benzene rings is 1. The Morgan fingerprint density at radius 3 is 2.86 bits per heavy atom. The first-order valence-corrected chi connectivity index (χ1v) is 10.3. The van der Waals surface area contributed by atoms with Gasteiger partial charge in [0.2, 0.25) is 5.91 Å². The fraction of sp³-hybridized carbons (Fsp3) is 0.381. The maximum Gasteiger partial charge on any atom is 0.243 e. The molecule has 0 spiro atoms. The minimum atomic E-state index is -0.0860. The second-order valence-corrected chi connectivity index (χ2v) is 8.45. The third kappa shape index (κ3) is 3.67. The second-order valence-electron chi connectivity index (χ2n) is 7.36. The molecule has 1 N–H and O–H groups in total. The first-order chi connectivity index (χ1) is 13.5. The van der Waals surface area contributed by atoms with Crippen molar-refractivity contribution in [3.05, 3.63) is 41.0 Å². The Kier molecular flexibility index (Phi) is 5.17. The number of hydrogen-bond acceptors (Lipinski definition) is 6. The topological polar surface area (TPSA) is 67.3 Å². The van der Waals surface area contributed by atoms with Crippen molar-refractivity contribution in [3.63, 3.8) is 0 Å². The summed E-state index contributed by atoms with van der Waals surface area (Å²) < 4.78 is 5.15. The lowest BCUT2D eigenvalue weighted by molar-refractivity contribution is -0.114. The van der Waals surface area contributed by atoms with Crippen molar-refractivity contribution >= 4 is 39.0 Å². The second kappa shape index (κ2) is 7.75. The van der Waals surface area contributed by atoms with Crippen LogP contribution in [0, 0.1) is 5.92 Å². The van der Waals surface area contributed by atoms with Crippen molar-refractivity contribution in [1.82, 2.24) is 9.97 Å². The molecular weight excluding hydrogens is 372 g/mol. The Labute approximate surface area is 168 Å². The van der Waals surface area contributed by atoms with Crippen molar-refractivity contribution in [3.8, 4) is 5.75 Å². The molecular formula is C21H24N4O2S. The molecule has 0 radical (unpaired) electrons. The number of carbonyl (C=O) groups is 1. The number of fused-ring (bicyclic) bond motifs is 3. The summed E-state index contributed by atoms with van der Waals surface area (Å²) in [5.41, 5.74) is 2.12. The normalized spacial score (nSPS) is 15.9. The summed E-state index contributed by atoms with van der Waals surface area (Å²) in [5, 5.41) is 4.05. The molecule has 6 nitrogen and oxygen atoms in total. The Morgan fingerprint density at radius 2 is 2.11 bits per heavy atom. The van der Waals surface area contributed by atoms with Crippen LogP contribution in [-0.2, 0) is 17.6 Å². The molecule has 28 heavy (non-hydrogen) atoms. The highest BCUT2D eigenvalue weighted by molar-refractivity contribution is 7.19. The average molecular weight is 397 g/mol. The van der Waals surface area contributed by atoms with Crippen LogP contribution in [0.2, 0.25) is 0 Å². The molecule has 1 amide bonds. The van der Waals surface area contributed by atoms with Crippen molar-refractivity contribution in [2.24, 2.45) is 5.92 Å². The number of amides is 1. The first kappa shape index (κ1) is 18.7. The van der Waals surface area contributed by atoms with E-state index in [-0.39, 0.29) is 12.5 Å². The van der Waals surface area contributed by atoms with Crippen LogP contribution in [-0.4, -0.2) is 36.6 Å². The van der Waals surface area contributed by atoms with Gasteiger partial charge in [-0.25, -0.2) is 9.97 Å². The highest BCUT2D eigenvalue weighted by Gasteiger charge is 2.24. The van der Waals surface area contributed by atoms with Gasteiger partial charge in [0.25, 0.3) is 0 Å². The Morgan fingerprint density at radius 1 is 1.32 bits per heavy atom. The zero-order chi connectivity index (χ0) is 19.7. The molecule has 0 bridgehead atoms. The molecule has 1 aromatic carbocycles. The number of ether oxygens (including phenoxy) is 1. The third-order valence-corrected chi connectivity index (χ3v) is 6.35. The predicted octanol–water partition coefficient (Wildman–Crippen LogP) is 3.90. The molecule has 2 heterocycles. The molecule has 0 fully saturated rings. The van der Waals surface area contributed by atoms with Crippen LogP contribution in [0.3, 0.4) is 0 Å². The van der Waals surface area contributed by atoms with E-state index in [4.69, 9.17) is 4.74 Å². The monoisotopic (exact) mass is 396 g/mol. The minimum absolute atomic E-state index is 0.0860. The quantitative estimate of drug-likeness (QED) is 0.708. The number of aryl methyl sites for hydroxylation is 1. The molecule has 0 unspecified atom stereocenters. The van der Waals surface area contributed by atoms with Crippen LogP contribution in [0.15, 0.2) is 30.6 Å². The molecule has 4 rings (SSSR count). The summed E-state index contributed by atoms with van der Waals surface area (Å²) in [6.45, 7) is 2.52. The summed E-state index contributed by atoms with van der Waals surface area (Å²) >= 11 is 1.77. The first-order valence-electron chi connectivity index (χ1n) is 9.45. The molecule has 0 saturated carbocycles. The molecule has 0 aliphatic heterocycles. The van der Waals surface area contributed by atoms with Crippen LogP contribution >= 0.6 is 11.3 Å². The van der Waals surface area contributed by atoms with Gasteiger partial charge in [0.15, 0.2) is 0 Å². The van der Waals surface area contributed by atoms with E-state index in [0.717, 1.165) is 40.3 Å². The summed E-state index contributed by atoms with van der Waals surface area (Å²) in [6, 6.07) is 7.31. The summed E-state index contributed by atoms with van der Waals surface area (Å²) in [5.74, 6) is 2.22. The van der Waals surface area contributed by atoms with Gasteiger partial charge in [-0.3, -0.25) is 4.79 Å². The van der Waals surface area contributed by atoms with E-state index >= 15 is 0 Å². The van der Waals surface area contributed by atoms with Crippen molar-refractivity contribution in [1.29, 1.82) is 0 Å². The maximum absolute atomic E-state index is 12.5. The largest absolute Gasteiger partial charge is 0.497 e. The number of anilines is 2. The number of rotatable bonds is 5. The number of carbonyl (C=O) groups excluding carboxylic acids is 1. The summed E-state index contributed by atoms with van der Waals surface area (Å²) in [7, 11) is 3.53. The van der Waals surface area contributed by atoms with E-state index in [2.05, 4.69) is 22.2 Å². The molecule has 2 aromatic heterocycles. The minimum Gasteiger partial charge on any atom is -0.497 e. The van der Waals surface area contributed by atoms with E-state index in [1.807, 2.05) is 36.2 Å². The molecule has 1 atom stereocenters. The SMILES string of the molecule is COc1ccc(NC(=O)CN(C)c2ncnc3sc4c(c23)CC[C@@H](C)C4)cc1. The lowest BCUT2D eigenvalue weighted by Crippen LogP contribution is -2.30. The van der Waals surface area contributed by atoms with Crippen molar-refractivity contribution < 1.29 is 9.53 Å². The fourth-order valence-electron chi connectivity index (χ4n) is 3.71. The highest BCUT2D eigenvalue weighted by Crippen LogP contribution is 2.40. The van der Waals surface area contributed by atoms with Gasteiger partial charge in [-0.1, -0.05) is 6.92 Å². The number of aromatic nitrogens is 2. The zero-order valence-corrected chi connectivity index (χ0v) is 17.2. The van der Waals surface area contributed by atoms with Gasteiger partial charge >= 0.3 is 0 Å². The fourth-order valence-corrected chi connectivity index (χ4v) is 5.06. The Hall–Kier alpha value is -2.67. The van der Waals surface area contributed by atoms with E-state index in [9.17, 15) is 4.79 Å². The van der Waals surface area contributed by atoms with E-state index < -0.39 is 0 Å². The van der Waals surface area contributed by atoms with Crippen molar-refractivity contribution in [2.45, 2.75) is 26.2 Å². The summed E-state index contributed by atoms with van der Waals surface area (Å²) in [4.78, 5) is 25.9. The highest BCUT2D eigenvalue weighted by atomic mass is 32.1. The Balaban J connectivity index is 1.53. The van der Waals surface area contributed by atoms with Gasteiger partial charge in [0.1, 0.15) is 22.7 Å². The molecule has 0 saturated heterocycles. The van der Waals surface area contributed by atoms with Gasteiger partial charge in [-0.2, -0.15) is 0 Å². The lowest BCUT2D eigenvalue weighted by atomic mass is 9.89. The number of methoxy groups -OCH3 is 1. The smallest absolute Gasteiger partial charge is 0.243 e. The van der Waals surface area contributed by atoms with E-state index in [0.29, 0.717) is 5.92 Å². The maximum atomic E-state index is 12.5. The van der Waals surface area contributed by atoms with Gasteiger partial charge in [0.05, 0.1) is 19.0 Å². The van der Waals surface area contributed by atoms with Crippen LogP contribution < -0.4 is 15.0 Å². The number of nitrogens with one attached hydrogen (secondary N) is 1. The van der Waals surface area contributed by atoms with Crippen molar-refractivity contribution in [2.75, 3.05) is 30.9 Å². The number of hydrogen-bond donors (Lipinski definition) is 1. The van der Waals surface area contributed by atoms with Crippen LogP contribution in [0.25, 0.3) is 10.2 Å². The van der Waals surface area contributed by atoms with Gasteiger partial charge in [-0.15, -0.1) is 11.3 Å². The predicted molar refractivity (Wildman–Crippen MR) is 113 cm³/mol. The van der Waals surface area contributed by atoms with Crippen LogP contribution in [0.5, 0.6) is 5.75 Å².